The van der Waals surface area contributed by atoms with Gasteiger partial charge in [-0.1, -0.05) is 0 Å². The van der Waals surface area contributed by atoms with Crippen LogP contribution in [-0.4, -0.2) is 69.3 Å². The Morgan fingerprint density at radius 2 is 2.14 bits per heavy atom. The third-order valence-electron chi connectivity index (χ3n) is 4.14. The molecular formula is C13H16N7O8P. The second kappa shape index (κ2) is 7.22. The molecule has 1 aliphatic rings. The lowest BCUT2D eigenvalue weighted by molar-refractivity contribution is -0.0515. The highest BCUT2D eigenvalue weighted by molar-refractivity contribution is 7.47. The van der Waals surface area contributed by atoms with E-state index in [2.05, 4.69) is 19.9 Å². The summed E-state index contributed by atoms with van der Waals surface area (Å²) >= 11 is 0. The van der Waals surface area contributed by atoms with E-state index < -0.39 is 44.5 Å². The van der Waals surface area contributed by atoms with Crippen LogP contribution < -0.4 is 15.9 Å². The highest BCUT2D eigenvalue weighted by Gasteiger charge is 2.45. The first kappa shape index (κ1) is 19.5. The number of fused-ring (bicyclic) bond motifs is 1. The van der Waals surface area contributed by atoms with E-state index in [4.69, 9.17) is 19.6 Å². The molecule has 6 N–H and O–H groups in total. The molecule has 1 fully saturated rings. The summed E-state index contributed by atoms with van der Waals surface area (Å²) in [5, 5.41) is 20.6. The predicted molar refractivity (Wildman–Crippen MR) is 93.1 cm³/mol. The lowest BCUT2D eigenvalue weighted by atomic mass is 10.1. The van der Waals surface area contributed by atoms with E-state index in [1.807, 2.05) is 0 Å². The number of nitrogens with one attached hydrogen (secondary N) is 1. The minimum atomic E-state index is -4.56. The number of aliphatic hydroxyl groups excluding tert-OH is 2. The SMILES string of the molecule is Nc1nc2c(ncn2[C@@H]2O[C@H](COP(=O)(O)On3ccnc3)[C@@H](O)[C@H]2O)c(=O)[nH]1. The average molecular weight is 429 g/mol. The Balaban J connectivity index is 1.50. The molecule has 1 aliphatic heterocycles. The summed E-state index contributed by atoms with van der Waals surface area (Å²) in [7, 11) is -4.56. The number of aliphatic hydroxyl groups is 2. The number of nitrogens with two attached hydrogens (primary N) is 1. The number of nitrogen functional groups attached to an aromatic ring is 1. The smallest absolute Gasteiger partial charge is 0.387 e. The Bertz CT molecular complexity index is 1110. The maximum atomic E-state index is 12.0. The molecule has 16 heteroatoms. The fourth-order valence-electron chi connectivity index (χ4n) is 2.83. The monoisotopic (exact) mass is 429 g/mol. The molecule has 5 atom stereocenters. The number of hydrogen-bond acceptors (Lipinski definition) is 11. The lowest BCUT2D eigenvalue weighted by Gasteiger charge is -2.17. The van der Waals surface area contributed by atoms with Crippen LogP contribution >= 0.6 is 7.82 Å². The molecule has 0 radical (unpaired) electrons. The van der Waals surface area contributed by atoms with Crippen molar-refractivity contribution in [3.63, 3.8) is 0 Å². The van der Waals surface area contributed by atoms with Gasteiger partial charge in [-0.2, -0.15) is 9.71 Å². The topological polar surface area (TPSA) is 213 Å². The van der Waals surface area contributed by atoms with Crippen molar-refractivity contribution < 1.29 is 33.6 Å². The second-order valence-corrected chi connectivity index (χ2v) is 7.45. The van der Waals surface area contributed by atoms with Gasteiger partial charge in [0, 0.05) is 6.20 Å². The number of rotatable bonds is 6. The van der Waals surface area contributed by atoms with Crippen molar-refractivity contribution in [2.45, 2.75) is 24.5 Å². The number of nitrogens with zero attached hydrogens (tertiary/aromatic N) is 5. The van der Waals surface area contributed by atoms with Crippen LogP contribution in [0.2, 0.25) is 0 Å². The highest BCUT2D eigenvalue weighted by Crippen LogP contribution is 2.41. The molecule has 4 rings (SSSR count). The standard InChI is InChI=1S/C13H16N7O8P/c14-13-17-10-7(11(23)18-13)16-5-20(10)12-9(22)8(21)6(27-12)3-26-29(24,25)28-19-2-1-15-4-19/h1-2,4-6,8-9,12,21-22H,3H2,(H,24,25)(H3,14,17,18,23)/t6-,8-,9-,12-/m1/s1. The summed E-state index contributed by atoms with van der Waals surface area (Å²) in [6.45, 7) is -0.583. The number of anilines is 1. The maximum absolute atomic E-state index is 12.0. The van der Waals surface area contributed by atoms with Crippen molar-refractivity contribution in [2.75, 3.05) is 12.3 Å². The summed E-state index contributed by atoms with van der Waals surface area (Å²) in [6, 6.07) is 0. The molecule has 15 nitrogen and oxygen atoms in total. The van der Waals surface area contributed by atoms with Crippen molar-refractivity contribution >= 4 is 24.9 Å². The fourth-order valence-corrected chi connectivity index (χ4v) is 3.55. The van der Waals surface area contributed by atoms with Crippen LogP contribution in [0, 0.1) is 0 Å². The van der Waals surface area contributed by atoms with Gasteiger partial charge in [-0.05, 0) is 0 Å². The summed E-state index contributed by atoms with van der Waals surface area (Å²) in [4.78, 5) is 35.4. The van der Waals surface area contributed by atoms with Crippen LogP contribution in [0.25, 0.3) is 11.2 Å². The van der Waals surface area contributed by atoms with Gasteiger partial charge in [0.05, 0.1) is 19.1 Å². The molecule has 1 unspecified atom stereocenters. The van der Waals surface area contributed by atoms with E-state index in [0.29, 0.717) is 0 Å². The van der Waals surface area contributed by atoms with Crippen LogP contribution in [-0.2, 0) is 13.8 Å². The number of ether oxygens (including phenoxy) is 1. The van der Waals surface area contributed by atoms with E-state index in [1.54, 1.807) is 0 Å². The van der Waals surface area contributed by atoms with Gasteiger partial charge in [-0.15, -0.1) is 0 Å². The van der Waals surface area contributed by atoms with Crippen LogP contribution in [0.1, 0.15) is 6.23 Å². The van der Waals surface area contributed by atoms with Crippen molar-refractivity contribution in [1.29, 1.82) is 0 Å². The molecule has 0 aromatic carbocycles. The molecule has 29 heavy (non-hydrogen) atoms. The summed E-state index contributed by atoms with van der Waals surface area (Å²) in [6.07, 6.45) is -0.430. The third kappa shape index (κ3) is 3.74. The molecule has 0 bridgehead atoms. The number of phosphoric acid groups is 1. The van der Waals surface area contributed by atoms with Crippen LogP contribution in [0.4, 0.5) is 5.95 Å². The average Bonchev–Trinajstić information content (AvgIpc) is 3.35. The number of aromatic amines is 1. The van der Waals surface area contributed by atoms with Crippen molar-refractivity contribution in [3.8, 4) is 0 Å². The zero-order valence-corrected chi connectivity index (χ0v) is 15.4. The van der Waals surface area contributed by atoms with Crippen molar-refractivity contribution in [2.24, 2.45) is 0 Å². The number of hydrogen-bond donors (Lipinski definition) is 5. The Kier molecular flexibility index (Phi) is 4.85. The second-order valence-electron chi connectivity index (χ2n) is 6.09. The Labute approximate surface area is 160 Å². The Morgan fingerprint density at radius 1 is 1.34 bits per heavy atom. The minimum absolute atomic E-state index is 0.0281. The first-order valence-corrected chi connectivity index (χ1v) is 9.64. The predicted octanol–water partition coefficient (Wildman–Crippen LogP) is -2.24. The van der Waals surface area contributed by atoms with Crippen LogP contribution in [0.15, 0.2) is 29.8 Å². The normalized spacial score (nSPS) is 26.6. The molecule has 4 heterocycles. The van der Waals surface area contributed by atoms with Gasteiger partial charge >= 0.3 is 7.82 Å². The quantitative estimate of drug-likeness (QED) is 0.263. The van der Waals surface area contributed by atoms with Gasteiger partial charge in [0.15, 0.2) is 17.4 Å². The zero-order chi connectivity index (χ0) is 20.8. The van der Waals surface area contributed by atoms with E-state index in [1.165, 1.54) is 23.3 Å². The lowest BCUT2D eigenvalue weighted by Crippen LogP contribution is -2.33. The number of aromatic nitrogens is 6. The van der Waals surface area contributed by atoms with Crippen molar-refractivity contribution in [1.82, 2.24) is 29.2 Å². The molecule has 0 aliphatic carbocycles. The zero-order valence-electron chi connectivity index (χ0n) is 14.5. The van der Waals surface area contributed by atoms with Crippen LogP contribution in [0.3, 0.4) is 0 Å². The Hall–Kier alpha value is -2.81. The molecule has 0 saturated carbocycles. The Morgan fingerprint density at radius 3 is 2.86 bits per heavy atom. The molecule has 3 aromatic heterocycles. The summed E-state index contributed by atoms with van der Waals surface area (Å²) < 4.78 is 29.1. The van der Waals surface area contributed by atoms with Gasteiger partial charge in [0.1, 0.15) is 24.6 Å². The van der Waals surface area contributed by atoms with E-state index >= 15 is 0 Å². The molecule has 156 valence electrons. The molecular weight excluding hydrogens is 413 g/mol. The first-order chi connectivity index (χ1) is 13.7. The van der Waals surface area contributed by atoms with Crippen LogP contribution in [0.5, 0.6) is 0 Å². The maximum Gasteiger partial charge on any atom is 0.546 e. The summed E-state index contributed by atoms with van der Waals surface area (Å²) in [5.74, 6) is -0.171. The van der Waals surface area contributed by atoms with E-state index in [9.17, 15) is 24.5 Å². The number of phosphoric ester groups is 1. The van der Waals surface area contributed by atoms with Gasteiger partial charge in [-0.3, -0.25) is 23.8 Å². The van der Waals surface area contributed by atoms with E-state index in [0.717, 1.165) is 11.1 Å². The molecule has 0 amide bonds. The number of imidazole rings is 2. The molecule has 3 aromatic rings. The largest absolute Gasteiger partial charge is 0.546 e. The molecule has 1 saturated heterocycles. The van der Waals surface area contributed by atoms with E-state index in [-0.39, 0.29) is 17.1 Å². The van der Waals surface area contributed by atoms with Gasteiger partial charge in [-0.25, -0.2) is 14.5 Å². The molecule has 0 spiro atoms. The fraction of sp³-hybridized carbons (Fsp3) is 0.385. The first-order valence-electron chi connectivity index (χ1n) is 8.14. The minimum Gasteiger partial charge on any atom is -0.387 e. The van der Waals surface area contributed by atoms with Gasteiger partial charge in [0.2, 0.25) is 5.95 Å². The summed E-state index contributed by atoms with van der Waals surface area (Å²) in [5.41, 5.74) is 4.93. The van der Waals surface area contributed by atoms with Gasteiger partial charge < -0.3 is 25.3 Å². The van der Waals surface area contributed by atoms with Gasteiger partial charge in [0.25, 0.3) is 5.56 Å². The highest BCUT2D eigenvalue weighted by atomic mass is 31.2. The third-order valence-corrected chi connectivity index (χ3v) is 5.01. The van der Waals surface area contributed by atoms with Crippen molar-refractivity contribution in [3.05, 3.63) is 35.4 Å². The number of H-pyrrole nitrogens is 1.